The molecule has 2 aromatic rings. The lowest BCUT2D eigenvalue weighted by Gasteiger charge is -2.37. The van der Waals surface area contributed by atoms with Crippen LogP contribution in [0.2, 0.25) is 0 Å². The van der Waals surface area contributed by atoms with Gasteiger partial charge in [0.2, 0.25) is 0 Å². The molecule has 1 fully saturated rings. The van der Waals surface area contributed by atoms with E-state index < -0.39 is 10.0 Å². The van der Waals surface area contributed by atoms with Crippen molar-refractivity contribution in [2.24, 2.45) is 5.92 Å². The lowest BCUT2D eigenvalue weighted by atomic mass is 9.97. The monoisotopic (exact) mass is 349 g/mol. The van der Waals surface area contributed by atoms with Crippen LogP contribution in [0, 0.1) is 5.92 Å². The maximum absolute atomic E-state index is 12.3. The van der Waals surface area contributed by atoms with Crippen LogP contribution < -0.4 is 5.56 Å². The Morgan fingerprint density at radius 2 is 2.04 bits per heavy atom. The summed E-state index contributed by atoms with van der Waals surface area (Å²) in [5.41, 5.74) is 1.99. The summed E-state index contributed by atoms with van der Waals surface area (Å²) in [6.07, 6.45) is 6.72. The molecule has 3 heterocycles. The van der Waals surface area contributed by atoms with Crippen molar-refractivity contribution in [1.29, 1.82) is 0 Å². The van der Waals surface area contributed by atoms with Gasteiger partial charge in [-0.25, -0.2) is 18.1 Å². The van der Waals surface area contributed by atoms with Crippen LogP contribution in [0.4, 0.5) is 0 Å². The summed E-state index contributed by atoms with van der Waals surface area (Å²) in [6, 6.07) is 1.69. The van der Waals surface area contributed by atoms with Crippen LogP contribution in [-0.2, 0) is 29.4 Å². The molecular formula is C15H19N5O3S. The fraction of sp³-hybridized carbons (Fsp3) is 0.533. The molecule has 0 aromatic carbocycles. The number of fused-ring (bicyclic) bond motifs is 1. The average Bonchev–Trinajstić information content (AvgIpc) is 3.05. The van der Waals surface area contributed by atoms with Gasteiger partial charge in [0.1, 0.15) is 0 Å². The van der Waals surface area contributed by atoms with Gasteiger partial charge in [0.25, 0.3) is 15.6 Å². The van der Waals surface area contributed by atoms with Crippen molar-refractivity contribution in [1.82, 2.24) is 24.1 Å². The molecule has 0 unspecified atom stereocenters. The van der Waals surface area contributed by atoms with Gasteiger partial charge in [-0.05, 0) is 31.2 Å². The normalized spacial score (nSPS) is 19.0. The van der Waals surface area contributed by atoms with E-state index in [1.807, 2.05) is 0 Å². The highest BCUT2D eigenvalue weighted by Crippen LogP contribution is 2.25. The number of sulfonamides is 1. The summed E-state index contributed by atoms with van der Waals surface area (Å²) in [4.78, 5) is 18.6. The third-order valence-corrected chi connectivity index (χ3v) is 6.48. The first-order valence-corrected chi connectivity index (χ1v) is 9.56. The Labute approximate surface area is 139 Å². The minimum atomic E-state index is -3.50. The van der Waals surface area contributed by atoms with Gasteiger partial charge in [0, 0.05) is 25.1 Å². The molecule has 0 amide bonds. The third kappa shape index (κ3) is 2.67. The SMILES string of the molecule is O=c1cc2c(nn1CC1CN(S(=O)(=O)c3cnc[nH]3)C1)CCCC2. The van der Waals surface area contributed by atoms with E-state index in [0.717, 1.165) is 36.9 Å². The van der Waals surface area contributed by atoms with Gasteiger partial charge in [0.05, 0.1) is 24.8 Å². The van der Waals surface area contributed by atoms with E-state index >= 15 is 0 Å². The Hall–Kier alpha value is -2.00. The summed E-state index contributed by atoms with van der Waals surface area (Å²) in [5.74, 6) is 0.106. The summed E-state index contributed by atoms with van der Waals surface area (Å²) in [7, 11) is -3.50. The molecule has 2 aliphatic rings. The lowest BCUT2D eigenvalue weighted by Crippen LogP contribution is -2.52. The van der Waals surface area contributed by atoms with Gasteiger partial charge in [-0.2, -0.15) is 9.40 Å². The van der Waals surface area contributed by atoms with Gasteiger partial charge >= 0.3 is 0 Å². The molecule has 1 N–H and O–H groups in total. The van der Waals surface area contributed by atoms with Crippen LogP contribution in [-0.4, -0.2) is 45.6 Å². The fourth-order valence-corrected chi connectivity index (χ4v) is 4.82. The number of aryl methyl sites for hydroxylation is 2. The zero-order chi connectivity index (χ0) is 16.7. The Kier molecular flexibility index (Phi) is 3.76. The van der Waals surface area contributed by atoms with Gasteiger partial charge in [-0.1, -0.05) is 0 Å². The van der Waals surface area contributed by atoms with Crippen molar-refractivity contribution in [3.05, 3.63) is 40.2 Å². The van der Waals surface area contributed by atoms with Crippen LogP contribution in [0.15, 0.2) is 28.4 Å². The molecule has 9 heteroatoms. The van der Waals surface area contributed by atoms with E-state index in [4.69, 9.17) is 0 Å². The van der Waals surface area contributed by atoms with Gasteiger partial charge in [-0.3, -0.25) is 4.79 Å². The molecule has 128 valence electrons. The van der Waals surface area contributed by atoms with E-state index in [-0.39, 0.29) is 16.5 Å². The molecular weight excluding hydrogens is 330 g/mol. The third-order valence-electron chi connectivity index (χ3n) is 4.72. The smallest absolute Gasteiger partial charge is 0.267 e. The van der Waals surface area contributed by atoms with Crippen molar-refractivity contribution < 1.29 is 8.42 Å². The number of rotatable bonds is 4. The number of hydrogen-bond acceptors (Lipinski definition) is 5. The maximum Gasteiger partial charge on any atom is 0.267 e. The fourth-order valence-electron chi connectivity index (χ4n) is 3.33. The minimum absolute atomic E-state index is 0.0921. The van der Waals surface area contributed by atoms with Crippen LogP contribution >= 0.6 is 0 Å². The molecule has 0 atom stereocenters. The topological polar surface area (TPSA) is 101 Å². The first-order valence-electron chi connectivity index (χ1n) is 8.12. The Morgan fingerprint density at radius 3 is 2.79 bits per heavy atom. The molecule has 1 aliphatic carbocycles. The van der Waals surface area contributed by atoms with Gasteiger partial charge in [-0.15, -0.1) is 0 Å². The second-order valence-corrected chi connectivity index (χ2v) is 8.35. The van der Waals surface area contributed by atoms with Gasteiger partial charge in [0.15, 0.2) is 5.03 Å². The van der Waals surface area contributed by atoms with Crippen molar-refractivity contribution >= 4 is 10.0 Å². The quantitative estimate of drug-likeness (QED) is 0.848. The van der Waals surface area contributed by atoms with E-state index in [2.05, 4.69) is 15.1 Å². The standard InChI is InChI=1S/C15H19N5O3S/c21-15-5-12-3-1-2-4-13(12)18-20(15)9-11-7-19(8-11)24(22,23)14-6-16-10-17-14/h5-6,10-11H,1-4,7-9H2,(H,16,17). The average molecular weight is 349 g/mol. The van der Waals surface area contributed by atoms with Crippen LogP contribution in [0.1, 0.15) is 24.1 Å². The van der Waals surface area contributed by atoms with Crippen LogP contribution in [0.25, 0.3) is 0 Å². The highest BCUT2D eigenvalue weighted by molar-refractivity contribution is 7.89. The molecule has 1 saturated heterocycles. The molecule has 1 aliphatic heterocycles. The highest BCUT2D eigenvalue weighted by Gasteiger charge is 2.37. The molecule has 0 spiro atoms. The summed E-state index contributed by atoms with van der Waals surface area (Å²) < 4.78 is 27.5. The van der Waals surface area contributed by atoms with Crippen LogP contribution in [0.3, 0.4) is 0 Å². The summed E-state index contributed by atoms with van der Waals surface area (Å²) in [5, 5.41) is 4.59. The van der Waals surface area contributed by atoms with Crippen molar-refractivity contribution in [2.75, 3.05) is 13.1 Å². The number of aromatic nitrogens is 4. The second-order valence-electron chi connectivity index (χ2n) is 6.45. The van der Waals surface area contributed by atoms with Crippen molar-refractivity contribution in [3.8, 4) is 0 Å². The molecule has 4 rings (SSSR count). The first-order chi connectivity index (χ1) is 11.5. The lowest BCUT2D eigenvalue weighted by molar-refractivity contribution is 0.171. The number of nitrogens with zero attached hydrogens (tertiary/aromatic N) is 4. The van der Waals surface area contributed by atoms with Crippen LogP contribution in [0.5, 0.6) is 0 Å². The Bertz CT molecular complexity index is 898. The summed E-state index contributed by atoms with van der Waals surface area (Å²) in [6.45, 7) is 1.25. The first kappa shape index (κ1) is 15.5. The zero-order valence-electron chi connectivity index (χ0n) is 13.2. The number of aromatic amines is 1. The maximum atomic E-state index is 12.3. The zero-order valence-corrected chi connectivity index (χ0v) is 14.0. The number of nitrogens with one attached hydrogen (secondary N) is 1. The summed E-state index contributed by atoms with van der Waals surface area (Å²) >= 11 is 0. The minimum Gasteiger partial charge on any atom is -0.335 e. The molecule has 8 nitrogen and oxygen atoms in total. The molecule has 2 aromatic heterocycles. The van der Waals surface area contributed by atoms with Crippen molar-refractivity contribution in [3.63, 3.8) is 0 Å². The van der Waals surface area contributed by atoms with E-state index in [9.17, 15) is 13.2 Å². The number of H-pyrrole nitrogens is 1. The molecule has 0 bridgehead atoms. The number of imidazole rings is 1. The predicted octanol–water partition coefficient (Wildman–Crippen LogP) is 0.166. The second kappa shape index (κ2) is 5.82. The van der Waals surface area contributed by atoms with E-state index in [1.165, 1.54) is 21.5 Å². The van der Waals surface area contributed by atoms with E-state index in [0.29, 0.717) is 19.6 Å². The predicted molar refractivity (Wildman–Crippen MR) is 86.0 cm³/mol. The number of hydrogen-bond donors (Lipinski definition) is 1. The Morgan fingerprint density at radius 1 is 1.25 bits per heavy atom. The molecule has 0 radical (unpaired) electrons. The Balaban J connectivity index is 1.45. The molecule has 24 heavy (non-hydrogen) atoms. The van der Waals surface area contributed by atoms with Gasteiger partial charge < -0.3 is 4.98 Å². The largest absolute Gasteiger partial charge is 0.335 e. The van der Waals surface area contributed by atoms with Crippen molar-refractivity contribution in [2.45, 2.75) is 37.3 Å². The molecule has 0 saturated carbocycles. The highest BCUT2D eigenvalue weighted by atomic mass is 32.2. The van der Waals surface area contributed by atoms with E-state index in [1.54, 1.807) is 6.07 Å².